The SMILES string of the molecule is C[C@H]1c2cccc(O)c2C(=O)C2=C(O)[C@]3(O)C(=O)C(C(N)=O)=C(O)[C@@H](N(C)C)[C@H]3[C@@H](O)[C@@H]21.[CaH2]. The third-order valence-electron chi connectivity index (χ3n) is 7.00. The summed E-state index contributed by atoms with van der Waals surface area (Å²) in [6.07, 6.45) is -1.59. The molecule has 7 N–H and O–H groups in total. The second-order valence-electron chi connectivity index (χ2n) is 8.79. The molecule has 0 saturated heterocycles. The van der Waals surface area contributed by atoms with Gasteiger partial charge in [0.2, 0.25) is 5.78 Å². The number of likely N-dealkylation sites (N-methyl/N-ethyl adjacent to an activating group) is 1. The summed E-state index contributed by atoms with van der Waals surface area (Å²) in [5, 5.41) is 55.0. The van der Waals surface area contributed by atoms with E-state index in [1.807, 2.05) is 0 Å². The van der Waals surface area contributed by atoms with Crippen LogP contribution in [0.1, 0.15) is 28.8 Å². The molecule has 1 aromatic rings. The van der Waals surface area contributed by atoms with Crippen LogP contribution >= 0.6 is 0 Å². The quantitative estimate of drug-likeness (QED) is 0.219. The van der Waals surface area contributed by atoms with Crippen molar-refractivity contribution in [3.63, 3.8) is 0 Å². The average molecular weight is 487 g/mol. The van der Waals surface area contributed by atoms with Gasteiger partial charge in [0.15, 0.2) is 11.4 Å². The summed E-state index contributed by atoms with van der Waals surface area (Å²) < 4.78 is 0. The molecule has 174 valence electrons. The Bertz CT molecular complexity index is 1140. The molecule has 0 fully saturated rings. The number of fused-ring (bicyclic) bond motifs is 3. The Kier molecular flexibility index (Phi) is 6.51. The number of carbonyl (C=O) groups is 3. The number of aliphatic hydroxyl groups excluding tert-OH is 3. The van der Waals surface area contributed by atoms with Gasteiger partial charge in [0.25, 0.3) is 5.91 Å². The Balaban J connectivity index is 0.00000306. The number of carbonyl (C=O) groups excluding carboxylic acids is 3. The van der Waals surface area contributed by atoms with Crippen molar-refractivity contribution in [2.45, 2.75) is 30.6 Å². The summed E-state index contributed by atoms with van der Waals surface area (Å²) in [4.78, 5) is 39.8. The van der Waals surface area contributed by atoms with Gasteiger partial charge < -0.3 is 31.3 Å². The van der Waals surface area contributed by atoms with E-state index in [4.69, 9.17) is 5.73 Å². The van der Waals surface area contributed by atoms with Crippen molar-refractivity contribution in [2.75, 3.05) is 14.1 Å². The third kappa shape index (κ3) is 3.19. The molecule has 1 aromatic carbocycles. The number of benzene rings is 1. The number of Topliss-reactive ketones (excluding diaryl/α,β-unsaturated/α-hetero) is 2. The van der Waals surface area contributed by atoms with Crippen molar-refractivity contribution in [3.05, 3.63) is 52.0 Å². The molecule has 0 aliphatic heterocycles. The van der Waals surface area contributed by atoms with Crippen LogP contribution in [-0.4, -0.2) is 117 Å². The van der Waals surface area contributed by atoms with E-state index >= 15 is 0 Å². The van der Waals surface area contributed by atoms with Crippen molar-refractivity contribution in [3.8, 4) is 5.75 Å². The van der Waals surface area contributed by atoms with Crippen molar-refractivity contribution in [2.24, 2.45) is 17.6 Å². The number of ketones is 2. The van der Waals surface area contributed by atoms with Gasteiger partial charge in [0.05, 0.1) is 23.6 Å². The fourth-order valence-corrected chi connectivity index (χ4v) is 5.58. The second-order valence-corrected chi connectivity index (χ2v) is 8.79. The number of hydrogen-bond acceptors (Lipinski definition) is 9. The number of amides is 1. The second kappa shape index (κ2) is 8.37. The zero-order valence-corrected chi connectivity index (χ0v) is 17.6. The van der Waals surface area contributed by atoms with Crippen LogP contribution in [0.3, 0.4) is 0 Å². The van der Waals surface area contributed by atoms with Crippen LogP contribution in [0.15, 0.2) is 40.9 Å². The van der Waals surface area contributed by atoms with Crippen LogP contribution in [0.25, 0.3) is 0 Å². The van der Waals surface area contributed by atoms with Gasteiger partial charge in [-0.2, -0.15) is 0 Å². The molecule has 33 heavy (non-hydrogen) atoms. The number of aliphatic hydroxyl groups is 4. The molecule has 0 heterocycles. The van der Waals surface area contributed by atoms with E-state index in [1.165, 1.54) is 25.1 Å². The molecule has 0 unspecified atom stereocenters. The van der Waals surface area contributed by atoms with E-state index in [0.29, 0.717) is 5.56 Å². The summed E-state index contributed by atoms with van der Waals surface area (Å²) in [5.41, 5.74) is 1.36. The van der Waals surface area contributed by atoms with Crippen LogP contribution < -0.4 is 5.73 Å². The molecule has 0 saturated carbocycles. The molecule has 6 atom stereocenters. The van der Waals surface area contributed by atoms with Crippen LogP contribution in [0, 0.1) is 11.8 Å². The maximum absolute atomic E-state index is 13.3. The van der Waals surface area contributed by atoms with Crippen LogP contribution in [0.2, 0.25) is 0 Å². The van der Waals surface area contributed by atoms with Crippen molar-refractivity contribution in [1.29, 1.82) is 0 Å². The van der Waals surface area contributed by atoms with Crippen molar-refractivity contribution >= 4 is 55.2 Å². The molecule has 3 aliphatic carbocycles. The molecule has 0 bridgehead atoms. The molecule has 4 rings (SSSR count). The Morgan fingerprint density at radius 3 is 2.30 bits per heavy atom. The van der Waals surface area contributed by atoms with Gasteiger partial charge in [0, 0.05) is 11.5 Å². The van der Waals surface area contributed by atoms with Gasteiger partial charge in [-0.05, 0) is 31.6 Å². The van der Waals surface area contributed by atoms with Gasteiger partial charge in [0.1, 0.15) is 22.8 Å². The Morgan fingerprint density at radius 2 is 1.76 bits per heavy atom. The number of rotatable bonds is 2. The van der Waals surface area contributed by atoms with E-state index in [9.17, 15) is 39.9 Å². The Morgan fingerprint density at radius 1 is 1.15 bits per heavy atom. The van der Waals surface area contributed by atoms with Gasteiger partial charge in [-0.25, -0.2) is 0 Å². The normalized spacial score (nSPS) is 33.3. The van der Waals surface area contributed by atoms with E-state index < -0.39 is 75.6 Å². The summed E-state index contributed by atoms with van der Waals surface area (Å²) in [6, 6.07) is 3.17. The minimum atomic E-state index is -2.89. The predicted molar refractivity (Wildman–Crippen MR) is 118 cm³/mol. The van der Waals surface area contributed by atoms with Gasteiger partial charge in [-0.1, -0.05) is 19.1 Å². The summed E-state index contributed by atoms with van der Waals surface area (Å²) in [5.74, 6) is -8.86. The number of hydrogen-bond donors (Lipinski definition) is 6. The fraction of sp³-hybridized carbons (Fsp3) is 0.409. The zero-order chi connectivity index (χ0) is 23.9. The molecule has 0 aromatic heterocycles. The number of phenolic OH excluding ortho intramolecular Hbond substituents is 1. The topological polar surface area (TPSA) is 182 Å². The molecule has 3 aliphatic rings. The molecule has 0 spiro atoms. The van der Waals surface area contributed by atoms with Crippen molar-refractivity contribution in [1.82, 2.24) is 4.90 Å². The molecule has 1 amide bonds. The number of nitrogens with two attached hydrogens (primary N) is 1. The number of nitrogens with zero attached hydrogens (tertiary/aromatic N) is 1. The molecule has 11 heteroatoms. The number of primary amides is 1. The molecular weight excluding hydrogens is 460 g/mol. The third-order valence-corrected chi connectivity index (χ3v) is 7.00. The van der Waals surface area contributed by atoms with E-state index in [0.717, 1.165) is 0 Å². The molecular formula is C22H26CaN2O8. The van der Waals surface area contributed by atoms with E-state index in [1.54, 1.807) is 19.1 Å². The fourth-order valence-electron chi connectivity index (χ4n) is 5.58. The maximum atomic E-state index is 13.3. The van der Waals surface area contributed by atoms with E-state index in [-0.39, 0.29) is 49.1 Å². The number of phenols is 1. The van der Waals surface area contributed by atoms with Crippen LogP contribution in [0.5, 0.6) is 5.75 Å². The summed E-state index contributed by atoms with van der Waals surface area (Å²) in [6.45, 7) is 1.68. The van der Waals surface area contributed by atoms with Crippen molar-refractivity contribution < 1.29 is 39.9 Å². The van der Waals surface area contributed by atoms with E-state index in [2.05, 4.69) is 0 Å². The summed E-state index contributed by atoms with van der Waals surface area (Å²) in [7, 11) is 2.98. The van der Waals surface area contributed by atoms with Gasteiger partial charge in [-0.15, -0.1) is 0 Å². The monoisotopic (exact) mass is 486 g/mol. The first-order valence-electron chi connectivity index (χ1n) is 10.0. The van der Waals surface area contributed by atoms with Crippen LogP contribution in [0.4, 0.5) is 0 Å². The van der Waals surface area contributed by atoms with Gasteiger partial charge >= 0.3 is 37.7 Å². The first-order chi connectivity index (χ1) is 14.9. The Hall–Kier alpha value is -1.95. The first kappa shape index (κ1) is 25.7. The first-order valence-corrected chi connectivity index (χ1v) is 10.0. The predicted octanol–water partition coefficient (Wildman–Crippen LogP) is -1.26. The average Bonchev–Trinajstić information content (AvgIpc) is 2.70. The van der Waals surface area contributed by atoms with Gasteiger partial charge in [-0.3, -0.25) is 19.3 Å². The Labute approximate surface area is 219 Å². The number of aromatic hydroxyl groups is 1. The molecule has 10 nitrogen and oxygen atoms in total. The minimum absolute atomic E-state index is 0. The molecule has 0 radical (unpaired) electrons. The summed E-state index contributed by atoms with van der Waals surface area (Å²) >= 11 is 0. The van der Waals surface area contributed by atoms with Crippen LogP contribution in [-0.2, 0) is 9.59 Å². The zero-order valence-electron chi connectivity index (χ0n) is 17.6. The standard InChI is InChI=1S/C22H24N2O8.Ca.2H/c1-7-8-5-4-6-9(25)11(8)16(26)12-10(7)17(27)14-15(24(2)3)18(28)13(21(23)31)20(30)22(14,32)19(12)29;;;/h4-7,10,14-15,17,25,27-29,32H,1-3H3,(H2,23,31);;;/t7-,10+,14-,15-,17-,22-;;;/m0.../s1.